The molecule has 0 atom stereocenters. The lowest BCUT2D eigenvalue weighted by Crippen LogP contribution is -1.99. The number of fused-ring (bicyclic) bond motifs is 1. The van der Waals surface area contributed by atoms with Gasteiger partial charge in [-0.1, -0.05) is 33.6 Å². The minimum Gasteiger partial charge on any atom is -0.497 e. The Labute approximate surface area is 131 Å². The fourth-order valence-corrected chi connectivity index (χ4v) is 2.82. The molecule has 3 aromatic rings. The second-order valence-electron chi connectivity index (χ2n) is 4.60. The van der Waals surface area contributed by atoms with Crippen LogP contribution < -0.4 is 4.74 Å². The average Bonchev–Trinajstić information content (AvgIpc) is 2.84. The van der Waals surface area contributed by atoms with Gasteiger partial charge in [0, 0.05) is 27.8 Å². The Morgan fingerprint density at radius 3 is 2.80 bits per heavy atom. The second-order valence-corrected chi connectivity index (χ2v) is 5.89. The highest BCUT2D eigenvalue weighted by atomic mass is 79.9. The molecule has 0 spiro atoms. The van der Waals surface area contributed by atoms with E-state index < -0.39 is 0 Å². The van der Waals surface area contributed by atoms with Gasteiger partial charge in [-0.15, -0.1) is 0 Å². The largest absolute Gasteiger partial charge is 0.497 e. The maximum Gasteiger partial charge on any atom is 0.119 e. The molecule has 0 aliphatic heterocycles. The van der Waals surface area contributed by atoms with Gasteiger partial charge in [-0.05, 0) is 47.3 Å². The molecule has 0 fully saturated rings. The van der Waals surface area contributed by atoms with E-state index in [1.54, 1.807) is 7.11 Å². The molecular weight excluding hydrogens is 338 g/mol. The summed E-state index contributed by atoms with van der Waals surface area (Å²) in [6.45, 7) is 0.766. The van der Waals surface area contributed by atoms with Crippen molar-refractivity contribution >= 4 is 38.4 Å². The van der Waals surface area contributed by atoms with E-state index in [0.29, 0.717) is 0 Å². The molecule has 0 N–H and O–H groups in total. The maximum absolute atomic E-state index is 6.09. The summed E-state index contributed by atoms with van der Waals surface area (Å²) in [7, 11) is 1.68. The fraction of sp³-hybridized carbons (Fsp3) is 0.125. The Bertz CT molecular complexity index is 766. The van der Waals surface area contributed by atoms with Crippen molar-refractivity contribution < 1.29 is 4.74 Å². The number of ether oxygens (including phenoxy) is 1. The number of benzene rings is 2. The highest BCUT2D eigenvalue weighted by molar-refractivity contribution is 9.10. The van der Waals surface area contributed by atoms with E-state index >= 15 is 0 Å². The highest BCUT2D eigenvalue weighted by Crippen LogP contribution is 2.26. The third kappa shape index (κ3) is 2.56. The Hall–Kier alpha value is -1.45. The third-order valence-corrected chi connectivity index (χ3v) is 4.34. The van der Waals surface area contributed by atoms with Gasteiger partial charge in [0.25, 0.3) is 0 Å². The molecule has 102 valence electrons. The number of rotatable bonds is 3. The van der Waals surface area contributed by atoms with E-state index in [9.17, 15) is 0 Å². The SMILES string of the molecule is COc1ccc(Br)c(Cn2ccc3ccc(Cl)cc32)c1. The molecule has 0 saturated carbocycles. The Balaban J connectivity index is 2.03. The second kappa shape index (κ2) is 5.51. The van der Waals surface area contributed by atoms with Gasteiger partial charge < -0.3 is 9.30 Å². The van der Waals surface area contributed by atoms with Crippen LogP contribution in [0, 0.1) is 0 Å². The predicted molar refractivity (Wildman–Crippen MR) is 86.7 cm³/mol. The molecule has 1 heterocycles. The molecule has 0 unspecified atom stereocenters. The zero-order valence-electron chi connectivity index (χ0n) is 10.9. The summed E-state index contributed by atoms with van der Waals surface area (Å²) in [6, 6.07) is 14.0. The molecule has 4 heteroatoms. The first kappa shape index (κ1) is 13.5. The quantitative estimate of drug-likeness (QED) is 0.640. The first-order valence-electron chi connectivity index (χ1n) is 6.24. The molecule has 1 aromatic heterocycles. The van der Waals surface area contributed by atoms with Crippen molar-refractivity contribution in [3.63, 3.8) is 0 Å². The number of halogens is 2. The van der Waals surface area contributed by atoms with Crippen LogP contribution in [0.15, 0.2) is 53.1 Å². The van der Waals surface area contributed by atoms with Gasteiger partial charge in [-0.2, -0.15) is 0 Å². The lowest BCUT2D eigenvalue weighted by atomic mass is 10.2. The van der Waals surface area contributed by atoms with Crippen molar-refractivity contribution in [2.45, 2.75) is 6.54 Å². The highest BCUT2D eigenvalue weighted by Gasteiger charge is 2.06. The molecule has 0 aliphatic carbocycles. The third-order valence-electron chi connectivity index (χ3n) is 3.33. The lowest BCUT2D eigenvalue weighted by molar-refractivity contribution is 0.414. The van der Waals surface area contributed by atoms with Crippen LogP contribution in [0.2, 0.25) is 5.02 Å². The van der Waals surface area contributed by atoms with Crippen molar-refractivity contribution in [1.29, 1.82) is 0 Å². The first-order chi connectivity index (χ1) is 9.67. The van der Waals surface area contributed by atoms with Crippen LogP contribution in [-0.4, -0.2) is 11.7 Å². The number of hydrogen-bond acceptors (Lipinski definition) is 1. The summed E-state index contributed by atoms with van der Waals surface area (Å²) in [5.74, 6) is 0.859. The van der Waals surface area contributed by atoms with Crippen molar-refractivity contribution in [2.24, 2.45) is 0 Å². The molecule has 0 saturated heterocycles. The van der Waals surface area contributed by atoms with Crippen LogP contribution in [0.1, 0.15) is 5.56 Å². The molecule has 0 aliphatic rings. The van der Waals surface area contributed by atoms with Crippen molar-refractivity contribution in [1.82, 2.24) is 4.57 Å². The molecule has 0 bridgehead atoms. The summed E-state index contributed by atoms with van der Waals surface area (Å²) < 4.78 is 8.54. The normalized spacial score (nSPS) is 10.9. The number of hydrogen-bond donors (Lipinski definition) is 0. The maximum atomic E-state index is 6.09. The van der Waals surface area contributed by atoms with Gasteiger partial charge >= 0.3 is 0 Å². The first-order valence-corrected chi connectivity index (χ1v) is 7.41. The van der Waals surface area contributed by atoms with Crippen molar-refractivity contribution in [3.05, 3.63) is 63.7 Å². The number of methoxy groups -OCH3 is 1. The smallest absolute Gasteiger partial charge is 0.119 e. The predicted octanol–water partition coefficient (Wildman–Crippen LogP) is 5.11. The van der Waals surface area contributed by atoms with Crippen LogP contribution in [0.5, 0.6) is 5.75 Å². The monoisotopic (exact) mass is 349 g/mol. The Morgan fingerprint density at radius 2 is 2.00 bits per heavy atom. The van der Waals surface area contributed by atoms with E-state index in [2.05, 4.69) is 32.8 Å². The summed E-state index contributed by atoms with van der Waals surface area (Å²) in [5.41, 5.74) is 2.30. The van der Waals surface area contributed by atoms with Crippen LogP contribution in [0.4, 0.5) is 0 Å². The van der Waals surface area contributed by atoms with Gasteiger partial charge in [-0.3, -0.25) is 0 Å². The summed E-state index contributed by atoms with van der Waals surface area (Å²) in [6.07, 6.45) is 2.08. The Kier molecular flexibility index (Phi) is 3.72. The zero-order chi connectivity index (χ0) is 14.1. The van der Waals surface area contributed by atoms with E-state index in [-0.39, 0.29) is 0 Å². The van der Waals surface area contributed by atoms with Gasteiger partial charge in [0.2, 0.25) is 0 Å². The fourth-order valence-electron chi connectivity index (χ4n) is 2.28. The van der Waals surface area contributed by atoms with Crippen LogP contribution in [-0.2, 0) is 6.54 Å². The topological polar surface area (TPSA) is 14.2 Å². The summed E-state index contributed by atoms with van der Waals surface area (Å²) >= 11 is 9.68. The molecule has 0 amide bonds. The zero-order valence-corrected chi connectivity index (χ0v) is 13.3. The van der Waals surface area contributed by atoms with E-state index in [4.69, 9.17) is 16.3 Å². The number of nitrogens with zero attached hydrogens (tertiary/aromatic N) is 1. The lowest BCUT2D eigenvalue weighted by Gasteiger charge is -2.10. The summed E-state index contributed by atoms with van der Waals surface area (Å²) in [5, 5.41) is 1.94. The molecule has 20 heavy (non-hydrogen) atoms. The molecule has 0 radical (unpaired) electrons. The molecular formula is C16H13BrClNO. The van der Waals surface area contributed by atoms with Gasteiger partial charge in [0.15, 0.2) is 0 Å². The van der Waals surface area contributed by atoms with Crippen molar-refractivity contribution in [2.75, 3.05) is 7.11 Å². The minimum absolute atomic E-state index is 0.752. The average molecular weight is 351 g/mol. The van der Waals surface area contributed by atoms with Crippen LogP contribution >= 0.6 is 27.5 Å². The molecule has 3 rings (SSSR count). The van der Waals surface area contributed by atoms with E-state index in [1.165, 1.54) is 10.9 Å². The number of aromatic nitrogens is 1. The molecule has 2 aromatic carbocycles. The van der Waals surface area contributed by atoms with Gasteiger partial charge in [-0.25, -0.2) is 0 Å². The standard InChI is InChI=1S/C16H13BrClNO/c1-20-14-4-5-15(17)12(8-14)10-19-7-6-11-2-3-13(18)9-16(11)19/h2-9H,10H2,1H3. The van der Waals surface area contributed by atoms with Crippen molar-refractivity contribution in [3.8, 4) is 5.75 Å². The Morgan fingerprint density at radius 1 is 1.15 bits per heavy atom. The van der Waals surface area contributed by atoms with Gasteiger partial charge in [0.1, 0.15) is 5.75 Å². The van der Waals surface area contributed by atoms with Gasteiger partial charge in [0.05, 0.1) is 7.11 Å². The summed E-state index contributed by atoms with van der Waals surface area (Å²) in [4.78, 5) is 0. The van der Waals surface area contributed by atoms with E-state index in [0.717, 1.165) is 27.3 Å². The minimum atomic E-state index is 0.752. The molecule has 2 nitrogen and oxygen atoms in total. The van der Waals surface area contributed by atoms with E-state index in [1.807, 2.05) is 36.4 Å². The van der Waals surface area contributed by atoms with Crippen LogP contribution in [0.25, 0.3) is 10.9 Å². The van der Waals surface area contributed by atoms with Crippen LogP contribution in [0.3, 0.4) is 0 Å².